The minimum Gasteiger partial charge on any atom is -0.464 e. The number of carbonyl (C=O) groups excluding carboxylic acids is 2. The van der Waals surface area contributed by atoms with E-state index >= 15 is 0 Å². The van der Waals surface area contributed by atoms with Crippen LogP contribution < -0.4 is 4.90 Å². The van der Waals surface area contributed by atoms with Gasteiger partial charge in [-0.05, 0) is 24.3 Å². The first-order valence-corrected chi connectivity index (χ1v) is 5.03. The van der Waals surface area contributed by atoms with E-state index in [4.69, 9.17) is 4.74 Å². The third-order valence-corrected chi connectivity index (χ3v) is 2.20. The molecule has 0 atom stereocenters. The number of anilines is 1. The van der Waals surface area contributed by atoms with Gasteiger partial charge in [-0.2, -0.15) is 0 Å². The predicted molar refractivity (Wildman–Crippen MR) is 61.7 cm³/mol. The molecule has 0 saturated heterocycles. The molecule has 1 aromatic carbocycles. The molecule has 0 bridgehead atoms. The first-order valence-electron chi connectivity index (χ1n) is 5.03. The number of hydrogen-bond donors (Lipinski definition) is 0. The van der Waals surface area contributed by atoms with E-state index in [0.29, 0.717) is 18.7 Å². The molecule has 0 unspecified atom stereocenters. The van der Waals surface area contributed by atoms with Crippen LogP contribution in [0.1, 0.15) is 17.3 Å². The molecule has 0 aromatic heterocycles. The summed E-state index contributed by atoms with van der Waals surface area (Å²) in [5.74, 6) is -0.273. The molecule has 86 valence electrons. The number of benzene rings is 1. The van der Waals surface area contributed by atoms with Crippen LogP contribution in [0, 0.1) is 0 Å². The van der Waals surface area contributed by atoms with Crippen molar-refractivity contribution in [2.75, 3.05) is 25.1 Å². The number of esters is 1. The Morgan fingerprint density at radius 3 is 2.50 bits per heavy atom. The van der Waals surface area contributed by atoms with E-state index in [1.807, 2.05) is 24.1 Å². The molecule has 0 N–H and O–H groups in total. The molecule has 0 saturated carbocycles. The normalized spacial score (nSPS) is 9.62. The fraction of sp³-hybridized carbons (Fsp3) is 0.333. The molecular formula is C12H15NO3. The van der Waals surface area contributed by atoms with E-state index in [1.165, 1.54) is 6.92 Å². The highest BCUT2D eigenvalue weighted by molar-refractivity contribution is 5.75. The van der Waals surface area contributed by atoms with E-state index < -0.39 is 0 Å². The maximum atomic E-state index is 10.6. The molecule has 0 aliphatic carbocycles. The number of nitrogens with zero attached hydrogens (tertiary/aromatic N) is 1. The second-order valence-corrected chi connectivity index (χ2v) is 3.47. The van der Waals surface area contributed by atoms with Gasteiger partial charge in [0.2, 0.25) is 0 Å². The second-order valence-electron chi connectivity index (χ2n) is 3.47. The number of carbonyl (C=O) groups is 2. The van der Waals surface area contributed by atoms with Crippen LogP contribution in [0.15, 0.2) is 24.3 Å². The highest BCUT2D eigenvalue weighted by Crippen LogP contribution is 2.12. The summed E-state index contributed by atoms with van der Waals surface area (Å²) in [6.07, 6.45) is 0.808. The van der Waals surface area contributed by atoms with Crippen LogP contribution in [0.3, 0.4) is 0 Å². The largest absolute Gasteiger partial charge is 0.464 e. The highest BCUT2D eigenvalue weighted by Gasteiger charge is 2.01. The highest BCUT2D eigenvalue weighted by atomic mass is 16.5. The minimum absolute atomic E-state index is 0.273. The summed E-state index contributed by atoms with van der Waals surface area (Å²) < 4.78 is 4.84. The van der Waals surface area contributed by atoms with Gasteiger partial charge in [0, 0.05) is 25.2 Å². The van der Waals surface area contributed by atoms with Crippen molar-refractivity contribution < 1.29 is 14.3 Å². The van der Waals surface area contributed by atoms with Gasteiger partial charge in [-0.3, -0.25) is 9.59 Å². The molecule has 1 aromatic rings. The Balaban J connectivity index is 2.48. The second kappa shape index (κ2) is 5.90. The Morgan fingerprint density at radius 1 is 1.38 bits per heavy atom. The molecule has 4 heteroatoms. The quantitative estimate of drug-likeness (QED) is 0.558. The summed E-state index contributed by atoms with van der Waals surface area (Å²) in [7, 11) is 1.90. The van der Waals surface area contributed by atoms with Crippen molar-refractivity contribution in [3.8, 4) is 0 Å². The monoisotopic (exact) mass is 221 g/mol. The molecule has 0 heterocycles. The summed E-state index contributed by atoms with van der Waals surface area (Å²) in [4.78, 5) is 23.0. The lowest BCUT2D eigenvalue weighted by Gasteiger charge is -2.18. The molecule has 0 aliphatic rings. The zero-order valence-electron chi connectivity index (χ0n) is 9.47. The average Bonchev–Trinajstić information content (AvgIpc) is 2.28. The van der Waals surface area contributed by atoms with Gasteiger partial charge in [0.15, 0.2) is 0 Å². The summed E-state index contributed by atoms with van der Waals surface area (Å²) in [5.41, 5.74) is 1.63. The number of ether oxygens (including phenoxy) is 1. The van der Waals surface area contributed by atoms with Crippen molar-refractivity contribution in [2.24, 2.45) is 0 Å². The van der Waals surface area contributed by atoms with Crippen molar-refractivity contribution in [1.82, 2.24) is 0 Å². The Labute approximate surface area is 94.8 Å². The third-order valence-electron chi connectivity index (χ3n) is 2.20. The average molecular weight is 221 g/mol. The molecule has 16 heavy (non-hydrogen) atoms. The van der Waals surface area contributed by atoms with Crippen molar-refractivity contribution in [3.63, 3.8) is 0 Å². The SMILES string of the molecule is CC(=O)OCCN(C)c1ccc(C=O)cc1. The van der Waals surface area contributed by atoms with Gasteiger partial charge in [0.25, 0.3) is 0 Å². The minimum atomic E-state index is -0.273. The summed E-state index contributed by atoms with van der Waals surface area (Å²) >= 11 is 0. The number of rotatable bonds is 5. The maximum Gasteiger partial charge on any atom is 0.302 e. The van der Waals surface area contributed by atoms with E-state index in [1.54, 1.807) is 12.1 Å². The van der Waals surface area contributed by atoms with Crippen LogP contribution in [-0.4, -0.2) is 32.5 Å². The van der Waals surface area contributed by atoms with Crippen LogP contribution in [0.25, 0.3) is 0 Å². The lowest BCUT2D eigenvalue weighted by molar-refractivity contribution is -0.140. The summed E-state index contributed by atoms with van der Waals surface area (Å²) in [6, 6.07) is 7.23. The molecule has 0 aliphatic heterocycles. The number of aldehydes is 1. The Bertz CT molecular complexity index is 359. The predicted octanol–water partition coefficient (Wildman–Crippen LogP) is 1.50. The zero-order chi connectivity index (χ0) is 12.0. The summed E-state index contributed by atoms with van der Waals surface area (Å²) in [5, 5.41) is 0. The summed E-state index contributed by atoms with van der Waals surface area (Å²) in [6.45, 7) is 2.38. The molecule has 0 spiro atoms. The van der Waals surface area contributed by atoms with Crippen molar-refractivity contribution >= 4 is 17.9 Å². The molecule has 1 rings (SSSR count). The Kier molecular flexibility index (Phi) is 4.51. The molecule has 0 radical (unpaired) electrons. The van der Waals surface area contributed by atoms with Gasteiger partial charge in [-0.25, -0.2) is 0 Å². The van der Waals surface area contributed by atoms with Gasteiger partial charge in [0.05, 0.1) is 6.54 Å². The zero-order valence-corrected chi connectivity index (χ0v) is 9.47. The smallest absolute Gasteiger partial charge is 0.302 e. The van der Waals surface area contributed by atoms with Crippen LogP contribution in [0.5, 0.6) is 0 Å². The van der Waals surface area contributed by atoms with Crippen molar-refractivity contribution in [3.05, 3.63) is 29.8 Å². The van der Waals surface area contributed by atoms with Crippen molar-refractivity contribution in [1.29, 1.82) is 0 Å². The molecule has 4 nitrogen and oxygen atoms in total. The first kappa shape index (κ1) is 12.2. The number of hydrogen-bond acceptors (Lipinski definition) is 4. The lowest BCUT2D eigenvalue weighted by atomic mass is 10.2. The molecule has 0 fully saturated rings. The standard InChI is InChI=1S/C12H15NO3/c1-10(15)16-8-7-13(2)12-5-3-11(9-14)4-6-12/h3-6,9H,7-8H2,1-2H3. The van der Waals surface area contributed by atoms with Crippen LogP contribution in [0.4, 0.5) is 5.69 Å². The first-order chi connectivity index (χ1) is 7.63. The Hall–Kier alpha value is -1.84. The van der Waals surface area contributed by atoms with E-state index in [2.05, 4.69) is 0 Å². The fourth-order valence-electron chi connectivity index (χ4n) is 1.26. The topological polar surface area (TPSA) is 46.6 Å². The van der Waals surface area contributed by atoms with Crippen molar-refractivity contribution in [2.45, 2.75) is 6.92 Å². The Morgan fingerprint density at radius 2 is 2.00 bits per heavy atom. The molecular weight excluding hydrogens is 206 g/mol. The van der Waals surface area contributed by atoms with Crippen LogP contribution >= 0.6 is 0 Å². The van der Waals surface area contributed by atoms with E-state index in [0.717, 1.165) is 12.0 Å². The van der Waals surface area contributed by atoms with Crippen LogP contribution in [-0.2, 0) is 9.53 Å². The van der Waals surface area contributed by atoms with Gasteiger partial charge in [-0.1, -0.05) is 0 Å². The van der Waals surface area contributed by atoms with Gasteiger partial charge in [-0.15, -0.1) is 0 Å². The third kappa shape index (κ3) is 3.73. The lowest BCUT2D eigenvalue weighted by Crippen LogP contribution is -2.23. The van der Waals surface area contributed by atoms with Crippen LogP contribution in [0.2, 0.25) is 0 Å². The number of likely N-dealkylation sites (N-methyl/N-ethyl adjacent to an activating group) is 1. The van der Waals surface area contributed by atoms with Gasteiger partial charge >= 0.3 is 5.97 Å². The van der Waals surface area contributed by atoms with E-state index in [9.17, 15) is 9.59 Å². The maximum absolute atomic E-state index is 10.6. The van der Waals surface area contributed by atoms with Gasteiger partial charge in [0.1, 0.15) is 12.9 Å². The fourth-order valence-corrected chi connectivity index (χ4v) is 1.26. The molecule has 0 amide bonds. The van der Waals surface area contributed by atoms with E-state index in [-0.39, 0.29) is 5.97 Å². The van der Waals surface area contributed by atoms with Gasteiger partial charge < -0.3 is 9.64 Å².